The molecule has 0 N–H and O–H groups in total. The second-order valence-electron chi connectivity index (χ2n) is 6.73. The van der Waals surface area contributed by atoms with Crippen molar-refractivity contribution in [3.05, 3.63) is 59.4 Å². The lowest BCUT2D eigenvalue weighted by molar-refractivity contribution is 0.594. The third-order valence-corrected chi connectivity index (χ3v) is 6.82. The van der Waals surface area contributed by atoms with E-state index < -0.39 is 10.0 Å². The molecule has 0 aliphatic rings. The molecule has 0 spiro atoms. The first kappa shape index (κ1) is 19.6. The van der Waals surface area contributed by atoms with Crippen LogP contribution in [-0.4, -0.2) is 35.0 Å². The Hall–Kier alpha value is -2.71. The summed E-state index contributed by atoms with van der Waals surface area (Å²) in [7, 11) is -2.37. The topological polar surface area (TPSA) is 80.5 Å². The molecule has 29 heavy (non-hydrogen) atoms. The number of hydrogen-bond donors (Lipinski definition) is 0. The van der Waals surface area contributed by atoms with Crippen molar-refractivity contribution in [2.24, 2.45) is 0 Å². The van der Waals surface area contributed by atoms with E-state index in [0.29, 0.717) is 16.2 Å². The van der Waals surface area contributed by atoms with Gasteiger partial charge in [-0.25, -0.2) is 17.7 Å². The van der Waals surface area contributed by atoms with Crippen molar-refractivity contribution in [1.29, 1.82) is 0 Å². The minimum absolute atomic E-state index is 0.128. The van der Waals surface area contributed by atoms with Gasteiger partial charge in [-0.3, -0.25) is 4.40 Å². The molecule has 0 bridgehead atoms. The summed E-state index contributed by atoms with van der Waals surface area (Å²) in [6.45, 7) is 2.11. The van der Waals surface area contributed by atoms with Crippen LogP contribution in [0.5, 0.6) is 0 Å². The normalized spacial score (nSPS) is 12.0. The largest absolute Gasteiger partial charge is 0.274 e. The fourth-order valence-corrected chi connectivity index (χ4v) is 4.49. The molecule has 2 heterocycles. The monoisotopic (exact) mass is 429 g/mol. The smallest absolute Gasteiger partial charge is 0.265 e. The number of aryl methyl sites for hydroxylation is 1. The Morgan fingerprint density at radius 3 is 2.52 bits per heavy atom. The van der Waals surface area contributed by atoms with Crippen LogP contribution >= 0.6 is 11.6 Å². The molecule has 7 nitrogen and oxygen atoms in total. The van der Waals surface area contributed by atoms with Gasteiger partial charge in [-0.2, -0.15) is 0 Å². The maximum Gasteiger partial charge on any atom is 0.265 e. The molecule has 0 saturated heterocycles. The molecule has 4 aromatic rings. The Bertz CT molecular complexity index is 1290. The zero-order valence-corrected chi connectivity index (χ0v) is 17.7. The molecule has 0 atom stereocenters. The van der Waals surface area contributed by atoms with E-state index in [0.717, 1.165) is 34.9 Å². The quantitative estimate of drug-likeness (QED) is 0.461. The van der Waals surface area contributed by atoms with Crippen LogP contribution in [0, 0.1) is 0 Å². The molecular formula is C20H20ClN5O2S. The molecule has 0 saturated carbocycles. The van der Waals surface area contributed by atoms with Crippen molar-refractivity contribution >= 4 is 44.1 Å². The summed E-state index contributed by atoms with van der Waals surface area (Å²) in [6, 6.07) is 13.6. The van der Waals surface area contributed by atoms with Gasteiger partial charge in [-0.1, -0.05) is 37.1 Å². The standard InChI is InChI=1S/C20H20ClN5O2S/c1-3-4-9-18-23-24-20-19(22-16-7-5-6-8-17(16)26(18)20)25(2)29(27,28)15-12-10-14(21)11-13-15/h5-8,10-13H,3-4,9H2,1-2H3. The summed E-state index contributed by atoms with van der Waals surface area (Å²) >= 11 is 5.90. The number of sulfonamides is 1. The lowest BCUT2D eigenvalue weighted by Crippen LogP contribution is -2.28. The fraction of sp³-hybridized carbons (Fsp3) is 0.250. The summed E-state index contributed by atoms with van der Waals surface area (Å²) in [6.07, 6.45) is 2.74. The van der Waals surface area contributed by atoms with Crippen LogP contribution in [0.25, 0.3) is 16.7 Å². The van der Waals surface area contributed by atoms with Crippen LogP contribution in [-0.2, 0) is 16.4 Å². The van der Waals surface area contributed by atoms with Gasteiger partial charge in [0.05, 0.1) is 15.9 Å². The average molecular weight is 430 g/mol. The molecule has 0 unspecified atom stereocenters. The first-order chi connectivity index (χ1) is 13.9. The van der Waals surface area contributed by atoms with Crippen LogP contribution in [0.4, 0.5) is 5.82 Å². The molecule has 0 amide bonds. The molecule has 2 aromatic carbocycles. The van der Waals surface area contributed by atoms with Gasteiger partial charge in [0, 0.05) is 18.5 Å². The van der Waals surface area contributed by atoms with Crippen molar-refractivity contribution in [2.75, 3.05) is 11.4 Å². The Morgan fingerprint density at radius 2 is 1.79 bits per heavy atom. The third kappa shape index (κ3) is 3.42. The molecule has 0 aliphatic heterocycles. The van der Waals surface area contributed by atoms with Crippen LogP contribution in [0.1, 0.15) is 25.6 Å². The van der Waals surface area contributed by atoms with E-state index in [2.05, 4.69) is 22.1 Å². The first-order valence-electron chi connectivity index (χ1n) is 9.30. The first-order valence-corrected chi connectivity index (χ1v) is 11.1. The zero-order chi connectivity index (χ0) is 20.6. The van der Waals surface area contributed by atoms with Crippen LogP contribution in [0.2, 0.25) is 5.02 Å². The van der Waals surface area contributed by atoms with E-state index in [4.69, 9.17) is 11.6 Å². The molecule has 0 fully saturated rings. The lowest BCUT2D eigenvalue weighted by Gasteiger charge is -2.19. The number of benzene rings is 2. The van der Waals surface area contributed by atoms with Crippen molar-refractivity contribution in [1.82, 2.24) is 19.6 Å². The minimum atomic E-state index is -3.85. The number of halogens is 1. The van der Waals surface area contributed by atoms with Gasteiger partial charge < -0.3 is 0 Å². The SMILES string of the molecule is CCCCc1nnc2c(N(C)S(=O)(=O)c3ccc(Cl)cc3)nc3ccccc3n12. The second kappa shape index (κ2) is 7.61. The van der Waals surface area contributed by atoms with Crippen LogP contribution < -0.4 is 4.31 Å². The molecule has 9 heteroatoms. The zero-order valence-electron chi connectivity index (χ0n) is 16.1. The highest BCUT2D eigenvalue weighted by atomic mass is 35.5. The van der Waals surface area contributed by atoms with Crippen molar-refractivity contribution in [3.63, 3.8) is 0 Å². The van der Waals surface area contributed by atoms with Gasteiger partial charge in [0.25, 0.3) is 10.0 Å². The summed E-state index contributed by atoms with van der Waals surface area (Å²) in [5.41, 5.74) is 1.93. The summed E-state index contributed by atoms with van der Waals surface area (Å²) in [5, 5.41) is 9.08. The predicted octanol–water partition coefficient (Wildman–Crippen LogP) is 4.10. The van der Waals surface area contributed by atoms with E-state index in [1.54, 1.807) is 12.1 Å². The molecule has 4 rings (SSSR count). The Balaban J connectivity index is 1.92. The summed E-state index contributed by atoms with van der Waals surface area (Å²) < 4.78 is 29.4. The van der Waals surface area contributed by atoms with E-state index >= 15 is 0 Å². The van der Waals surface area contributed by atoms with Gasteiger partial charge in [-0.15, -0.1) is 10.2 Å². The summed E-state index contributed by atoms with van der Waals surface area (Å²) in [5.74, 6) is 1.02. The molecule has 0 radical (unpaired) electrons. The number of hydrogen-bond acceptors (Lipinski definition) is 5. The van der Waals surface area contributed by atoms with E-state index in [-0.39, 0.29) is 10.7 Å². The second-order valence-corrected chi connectivity index (χ2v) is 9.14. The number of aromatic nitrogens is 4. The highest BCUT2D eigenvalue weighted by molar-refractivity contribution is 7.92. The predicted molar refractivity (Wildman–Crippen MR) is 114 cm³/mol. The van der Waals surface area contributed by atoms with Crippen molar-refractivity contribution < 1.29 is 8.42 Å². The number of para-hydroxylation sites is 2. The number of anilines is 1. The van der Waals surface area contributed by atoms with Crippen LogP contribution in [0.3, 0.4) is 0 Å². The summed E-state index contributed by atoms with van der Waals surface area (Å²) in [4.78, 5) is 4.73. The number of unbranched alkanes of at least 4 members (excludes halogenated alkanes) is 1. The van der Waals surface area contributed by atoms with Crippen molar-refractivity contribution in [3.8, 4) is 0 Å². The highest BCUT2D eigenvalue weighted by Gasteiger charge is 2.26. The maximum absolute atomic E-state index is 13.2. The fourth-order valence-electron chi connectivity index (χ4n) is 3.21. The molecular weight excluding hydrogens is 410 g/mol. The van der Waals surface area contributed by atoms with E-state index in [1.807, 2.05) is 28.7 Å². The number of nitrogens with zero attached hydrogens (tertiary/aromatic N) is 5. The molecule has 150 valence electrons. The Labute approximate surface area is 174 Å². The number of fused-ring (bicyclic) bond motifs is 3. The van der Waals surface area contributed by atoms with Gasteiger partial charge in [0.1, 0.15) is 5.82 Å². The lowest BCUT2D eigenvalue weighted by atomic mass is 10.2. The van der Waals surface area contributed by atoms with Gasteiger partial charge in [0.2, 0.25) is 5.65 Å². The maximum atomic E-state index is 13.2. The van der Waals surface area contributed by atoms with Crippen molar-refractivity contribution in [2.45, 2.75) is 31.1 Å². The van der Waals surface area contributed by atoms with Gasteiger partial charge in [-0.05, 0) is 42.8 Å². The minimum Gasteiger partial charge on any atom is -0.274 e. The van der Waals surface area contributed by atoms with Crippen LogP contribution in [0.15, 0.2) is 53.4 Å². The van der Waals surface area contributed by atoms with Gasteiger partial charge >= 0.3 is 0 Å². The van der Waals surface area contributed by atoms with E-state index in [9.17, 15) is 8.42 Å². The van der Waals surface area contributed by atoms with E-state index in [1.165, 1.54) is 19.2 Å². The molecule has 2 aromatic heterocycles. The Morgan fingerprint density at radius 1 is 1.07 bits per heavy atom. The Kier molecular flexibility index (Phi) is 5.14. The third-order valence-electron chi connectivity index (χ3n) is 4.80. The van der Waals surface area contributed by atoms with Gasteiger partial charge in [0.15, 0.2) is 5.82 Å². The number of rotatable bonds is 6. The highest BCUT2D eigenvalue weighted by Crippen LogP contribution is 2.28. The molecule has 0 aliphatic carbocycles. The average Bonchev–Trinajstić information content (AvgIpc) is 3.15.